The van der Waals surface area contributed by atoms with Crippen LogP contribution < -0.4 is 16.2 Å². The second-order valence-corrected chi connectivity index (χ2v) is 4.78. The minimum atomic E-state index is -0.855. The van der Waals surface area contributed by atoms with Crippen molar-refractivity contribution in [2.45, 2.75) is 6.42 Å². The Balaban J connectivity index is 1.85. The van der Waals surface area contributed by atoms with Gasteiger partial charge in [0.15, 0.2) is 0 Å². The molecule has 1 aromatic carbocycles. The van der Waals surface area contributed by atoms with Crippen LogP contribution in [0.2, 0.25) is 0 Å². The summed E-state index contributed by atoms with van der Waals surface area (Å²) >= 11 is 0. The number of nitrogens with one attached hydrogen (secondary N) is 3. The van der Waals surface area contributed by atoms with Crippen LogP contribution in [0.5, 0.6) is 0 Å². The average molecular weight is 321 g/mol. The van der Waals surface area contributed by atoms with Crippen molar-refractivity contribution in [3.05, 3.63) is 66.5 Å². The zero-order valence-electron chi connectivity index (χ0n) is 12.7. The monoisotopic (exact) mass is 321 g/mol. The topological polar surface area (TPSA) is 107 Å². The molecule has 0 spiro atoms. The van der Waals surface area contributed by atoms with E-state index in [1.807, 2.05) is 6.07 Å². The Bertz CT molecular complexity index is 779. The van der Waals surface area contributed by atoms with E-state index in [0.717, 1.165) is 11.1 Å². The van der Waals surface area contributed by atoms with E-state index < -0.39 is 11.8 Å². The first-order chi connectivity index (χ1) is 11.6. The van der Waals surface area contributed by atoms with Crippen LogP contribution in [0.1, 0.15) is 11.1 Å². The number of carbonyl (C=O) groups excluding carboxylic acids is 2. The molecule has 2 rings (SSSR count). The van der Waals surface area contributed by atoms with Crippen molar-refractivity contribution < 1.29 is 9.59 Å². The van der Waals surface area contributed by atoms with Crippen LogP contribution in [0, 0.1) is 11.3 Å². The van der Waals surface area contributed by atoms with Gasteiger partial charge in [0.05, 0.1) is 18.2 Å². The summed E-state index contributed by atoms with van der Waals surface area (Å²) in [7, 11) is 0. The van der Waals surface area contributed by atoms with Crippen LogP contribution in [0.4, 0.5) is 5.69 Å². The van der Waals surface area contributed by atoms with E-state index in [1.54, 1.807) is 48.8 Å². The highest BCUT2D eigenvalue weighted by atomic mass is 16.2. The smallest absolute Gasteiger partial charge is 0.318 e. The van der Waals surface area contributed by atoms with E-state index in [-0.39, 0.29) is 6.42 Å². The lowest BCUT2D eigenvalue weighted by molar-refractivity contribution is -0.136. The van der Waals surface area contributed by atoms with Gasteiger partial charge in [0.25, 0.3) is 0 Å². The molecule has 2 aromatic rings. The minimum Gasteiger partial charge on any atom is -0.318 e. The molecule has 24 heavy (non-hydrogen) atoms. The molecule has 2 amide bonds. The molecule has 7 heteroatoms. The fraction of sp³-hybridized carbons (Fsp3) is 0.0588. The number of nitriles is 1. The second kappa shape index (κ2) is 8.10. The van der Waals surface area contributed by atoms with Crippen LogP contribution in [0.3, 0.4) is 0 Å². The summed E-state index contributed by atoms with van der Waals surface area (Å²) in [4.78, 5) is 27.5. The zero-order valence-corrected chi connectivity index (χ0v) is 12.7. The molecule has 1 aromatic heterocycles. The summed E-state index contributed by atoms with van der Waals surface area (Å²) in [6.45, 7) is 3.76. The van der Waals surface area contributed by atoms with Gasteiger partial charge in [0, 0.05) is 23.6 Å². The molecular formula is C17H15N5O2. The highest BCUT2D eigenvalue weighted by Crippen LogP contribution is 2.10. The number of aromatic nitrogens is 1. The fourth-order valence-corrected chi connectivity index (χ4v) is 1.80. The van der Waals surface area contributed by atoms with Crippen molar-refractivity contribution >= 4 is 23.2 Å². The lowest BCUT2D eigenvalue weighted by Crippen LogP contribution is -2.42. The number of anilines is 1. The van der Waals surface area contributed by atoms with E-state index in [0.29, 0.717) is 11.4 Å². The Morgan fingerprint density at radius 3 is 2.33 bits per heavy atom. The molecule has 3 N–H and O–H groups in total. The molecule has 0 aliphatic carbocycles. The summed E-state index contributed by atoms with van der Waals surface area (Å²) in [5.41, 5.74) is 7.30. The lowest BCUT2D eigenvalue weighted by atomic mass is 10.1. The number of rotatable bonds is 5. The maximum absolute atomic E-state index is 11.8. The van der Waals surface area contributed by atoms with E-state index in [9.17, 15) is 9.59 Å². The van der Waals surface area contributed by atoms with E-state index >= 15 is 0 Å². The Morgan fingerprint density at radius 1 is 1.04 bits per heavy atom. The quantitative estimate of drug-likeness (QED) is 0.570. The first kappa shape index (κ1) is 16.7. The number of amides is 2. The number of benzene rings is 1. The fourth-order valence-electron chi connectivity index (χ4n) is 1.80. The Hall–Kier alpha value is -3.66. The number of pyridine rings is 1. The van der Waals surface area contributed by atoms with Gasteiger partial charge in [-0.1, -0.05) is 18.7 Å². The van der Waals surface area contributed by atoms with Gasteiger partial charge in [-0.15, -0.1) is 0 Å². The van der Waals surface area contributed by atoms with Crippen molar-refractivity contribution in [2.24, 2.45) is 0 Å². The molecular weight excluding hydrogens is 306 g/mol. The zero-order chi connectivity index (χ0) is 17.4. The third-order valence-electron chi connectivity index (χ3n) is 3.06. The van der Waals surface area contributed by atoms with Gasteiger partial charge in [0.1, 0.15) is 0 Å². The largest absolute Gasteiger partial charge is 0.327 e. The molecule has 0 saturated heterocycles. The third kappa shape index (κ3) is 4.68. The predicted octanol–water partition coefficient (Wildman–Crippen LogP) is 1.38. The number of hydrazine groups is 1. The molecule has 0 bridgehead atoms. The van der Waals surface area contributed by atoms with Crippen LogP contribution in [0.25, 0.3) is 5.70 Å². The van der Waals surface area contributed by atoms with Crippen molar-refractivity contribution in [2.75, 3.05) is 5.32 Å². The Kier molecular flexibility index (Phi) is 5.64. The van der Waals surface area contributed by atoms with E-state index in [1.165, 1.54) is 0 Å². The lowest BCUT2D eigenvalue weighted by Gasteiger charge is -2.11. The van der Waals surface area contributed by atoms with Crippen molar-refractivity contribution in [3.8, 4) is 6.07 Å². The van der Waals surface area contributed by atoms with Gasteiger partial charge < -0.3 is 5.32 Å². The molecule has 0 saturated carbocycles. The molecule has 1 heterocycles. The third-order valence-corrected chi connectivity index (χ3v) is 3.06. The van der Waals surface area contributed by atoms with Crippen LogP contribution in [-0.4, -0.2) is 16.8 Å². The summed E-state index contributed by atoms with van der Waals surface area (Å²) in [5.74, 6) is -1.68. The number of nitrogens with zero attached hydrogens (tertiary/aromatic N) is 2. The molecule has 0 fully saturated rings. The summed E-state index contributed by atoms with van der Waals surface area (Å²) in [6, 6.07) is 12.1. The standard InChI is InChI=1S/C17H15N5O2/c1-12(14-7-10-19-11-8-14)21-22-17(24)16(23)20-15-4-2-13(3-5-15)6-9-18/h2-5,7-8,10-11,21H,1,6H2,(H,20,23)(H,22,24). The van der Waals surface area contributed by atoms with Gasteiger partial charge in [-0.25, -0.2) is 0 Å². The van der Waals surface area contributed by atoms with Gasteiger partial charge in [-0.05, 0) is 29.8 Å². The normalized spacial score (nSPS) is 9.46. The van der Waals surface area contributed by atoms with Crippen molar-refractivity contribution in [3.63, 3.8) is 0 Å². The molecule has 120 valence electrons. The Morgan fingerprint density at radius 2 is 1.71 bits per heavy atom. The van der Waals surface area contributed by atoms with Crippen LogP contribution >= 0.6 is 0 Å². The predicted molar refractivity (Wildman–Crippen MR) is 88.9 cm³/mol. The van der Waals surface area contributed by atoms with E-state index in [4.69, 9.17) is 5.26 Å². The van der Waals surface area contributed by atoms with Gasteiger partial charge >= 0.3 is 11.8 Å². The highest BCUT2D eigenvalue weighted by molar-refractivity contribution is 6.39. The van der Waals surface area contributed by atoms with Crippen LogP contribution in [0.15, 0.2) is 55.4 Å². The average Bonchev–Trinajstić information content (AvgIpc) is 2.62. The first-order valence-electron chi connectivity index (χ1n) is 7.02. The molecule has 0 radical (unpaired) electrons. The highest BCUT2D eigenvalue weighted by Gasteiger charge is 2.13. The second-order valence-electron chi connectivity index (χ2n) is 4.78. The SMILES string of the molecule is C=C(NNC(=O)C(=O)Nc1ccc(CC#N)cc1)c1ccncc1. The van der Waals surface area contributed by atoms with Gasteiger partial charge in [-0.3, -0.25) is 25.4 Å². The van der Waals surface area contributed by atoms with Crippen LogP contribution in [-0.2, 0) is 16.0 Å². The molecule has 7 nitrogen and oxygen atoms in total. The van der Waals surface area contributed by atoms with Gasteiger partial charge in [0.2, 0.25) is 0 Å². The molecule has 0 unspecified atom stereocenters. The number of carbonyl (C=O) groups is 2. The van der Waals surface area contributed by atoms with Crippen molar-refractivity contribution in [1.82, 2.24) is 15.8 Å². The summed E-state index contributed by atoms with van der Waals surface area (Å²) in [5, 5.41) is 11.1. The van der Waals surface area contributed by atoms with Gasteiger partial charge in [-0.2, -0.15) is 5.26 Å². The van der Waals surface area contributed by atoms with E-state index in [2.05, 4.69) is 27.7 Å². The minimum absolute atomic E-state index is 0.287. The maximum atomic E-state index is 11.8. The summed E-state index contributed by atoms with van der Waals surface area (Å²) in [6.07, 6.45) is 3.47. The number of hydrogen-bond acceptors (Lipinski definition) is 5. The number of hydrogen-bond donors (Lipinski definition) is 3. The first-order valence-corrected chi connectivity index (χ1v) is 7.02. The van der Waals surface area contributed by atoms with Crippen molar-refractivity contribution in [1.29, 1.82) is 5.26 Å². The molecule has 0 aliphatic heterocycles. The summed E-state index contributed by atoms with van der Waals surface area (Å²) < 4.78 is 0. The molecule has 0 atom stereocenters. The maximum Gasteiger partial charge on any atom is 0.327 e. The molecule has 0 aliphatic rings. The Labute approximate surface area is 139 Å².